The molecule has 27 nitrogen and oxygen atoms in total. The Morgan fingerprint density at radius 2 is 1.68 bits per heavy atom. The van der Waals surface area contributed by atoms with Gasteiger partial charge in [0.1, 0.15) is 40.5 Å². The molecule has 3 heterocycles. The number of primary amides is 1. The Hall–Kier alpha value is -6.11. The molecule has 1 aromatic carbocycles. The van der Waals surface area contributed by atoms with Gasteiger partial charge in [0.2, 0.25) is 47.3 Å². The maximum atomic E-state index is 15.1. The Labute approximate surface area is 452 Å². The molecule has 9 amide bonds. The first-order valence-corrected chi connectivity index (χ1v) is 27.4. The number of hydrogen-bond acceptors (Lipinski definition) is 18. The van der Waals surface area contributed by atoms with Crippen molar-refractivity contribution in [2.75, 3.05) is 58.8 Å². The summed E-state index contributed by atoms with van der Waals surface area (Å²) < 4.78 is 26.4. The molecule has 1 saturated heterocycles. The lowest BCUT2D eigenvalue weighted by atomic mass is 9.94. The average Bonchev–Trinajstić information content (AvgIpc) is 3.73. The van der Waals surface area contributed by atoms with E-state index in [1.165, 1.54) is 25.8 Å². The summed E-state index contributed by atoms with van der Waals surface area (Å²) >= 11 is 1.49. The van der Waals surface area contributed by atoms with Gasteiger partial charge in [-0.3, -0.25) is 42.6 Å². The number of ether oxygens (including phenoxy) is 2. The third-order valence-electron chi connectivity index (χ3n) is 12.8. The molecule has 1 unspecified atom stereocenters. The molecule has 1 fully saturated rings. The number of aliphatic hydroxyl groups excluding tert-OH is 4. The van der Waals surface area contributed by atoms with Crippen LogP contribution in [0.2, 0.25) is 0 Å². The van der Waals surface area contributed by atoms with Crippen LogP contribution < -0.4 is 53.4 Å². The third kappa shape index (κ3) is 18.2. The van der Waals surface area contributed by atoms with Crippen LogP contribution in [0.4, 0.5) is 4.79 Å². The van der Waals surface area contributed by atoms with Gasteiger partial charge in [-0.1, -0.05) is 27.2 Å². The minimum atomic E-state index is -2.39. The van der Waals surface area contributed by atoms with Gasteiger partial charge in [-0.2, -0.15) is 0 Å². The second kappa shape index (κ2) is 29.0. The van der Waals surface area contributed by atoms with Gasteiger partial charge in [-0.15, -0.1) is 11.8 Å². The molecule has 29 heteroatoms. The number of fused-ring (bicyclic) bond motifs is 3. The van der Waals surface area contributed by atoms with Gasteiger partial charge in [0, 0.05) is 47.5 Å². The van der Waals surface area contributed by atoms with Crippen molar-refractivity contribution >= 4 is 86.8 Å². The van der Waals surface area contributed by atoms with Crippen LogP contribution in [0.3, 0.4) is 0 Å². The second-order valence-electron chi connectivity index (χ2n) is 20.0. The van der Waals surface area contributed by atoms with Gasteiger partial charge >= 0.3 is 6.09 Å². The number of amides is 9. The normalized spacial score (nSPS) is 23.0. The third-order valence-corrected chi connectivity index (χ3v) is 15.5. The first-order chi connectivity index (χ1) is 36.2. The van der Waals surface area contributed by atoms with Crippen molar-refractivity contribution in [2.45, 2.75) is 131 Å². The van der Waals surface area contributed by atoms with Gasteiger partial charge in [0.25, 0.3) is 0 Å². The smallest absolute Gasteiger partial charge is 0.410 e. The highest BCUT2D eigenvalue weighted by Crippen LogP contribution is 2.38. The van der Waals surface area contributed by atoms with Gasteiger partial charge in [-0.05, 0) is 50.8 Å². The quantitative estimate of drug-likeness (QED) is 0.0676. The number of aromatic nitrogens is 1. The lowest BCUT2D eigenvalue weighted by Crippen LogP contribution is -2.58. The lowest BCUT2D eigenvalue weighted by Gasteiger charge is -2.39. The molecule has 2 aliphatic rings. The fourth-order valence-corrected chi connectivity index (χ4v) is 10.9. The molecule has 77 heavy (non-hydrogen) atoms. The zero-order valence-corrected chi connectivity index (χ0v) is 45.9. The van der Waals surface area contributed by atoms with E-state index in [2.05, 4.69) is 42.2 Å². The molecule has 1 aromatic heterocycles. The number of aromatic amines is 1. The van der Waals surface area contributed by atoms with E-state index in [4.69, 9.17) is 20.9 Å². The average molecular weight is 1130 g/mol. The highest BCUT2D eigenvalue weighted by molar-refractivity contribution is 7.99. The van der Waals surface area contributed by atoms with Crippen LogP contribution in [0, 0.1) is 11.8 Å². The summed E-state index contributed by atoms with van der Waals surface area (Å²) in [7, 11) is -0.947. The topological polar surface area (TPSA) is 425 Å². The number of β-amino-alcohol motifs (C(OH)–C–C–N with tert-alkyl or cyclic N) is 1. The molecule has 0 saturated carbocycles. The van der Waals surface area contributed by atoms with E-state index in [-0.39, 0.29) is 28.0 Å². The second-order valence-corrected chi connectivity index (χ2v) is 22.7. The molecule has 430 valence electrons. The highest BCUT2D eigenvalue weighted by atomic mass is 32.2. The zero-order valence-electron chi connectivity index (χ0n) is 44.2. The van der Waals surface area contributed by atoms with E-state index >= 15 is 4.21 Å². The SMILES string of the molecule is CC[C@H](C)[C@H](NC(=O)CN)C(=O)NCC(=O)N[C@H]1CS(=O)c2[nH]c3c(CSC4CN(C(=O)OC(C)(C)C)C4)c(OC)ccc3c2C[C@@H](CO)NC(=O)[C@H]([C@@H](C)[C@@H](O)CO)NC(=O)C[C@@H](O)CNC(=O)[C@H](CC(N)=O)NC1=O. The molecule has 16 N–H and O–H groups in total. The predicted octanol–water partition coefficient (Wildman–Crippen LogP) is -4.04. The van der Waals surface area contributed by atoms with Crippen molar-refractivity contribution in [3.05, 3.63) is 23.3 Å². The van der Waals surface area contributed by atoms with Crippen molar-refractivity contribution < 1.29 is 77.3 Å². The van der Waals surface area contributed by atoms with Crippen LogP contribution in [0.5, 0.6) is 5.75 Å². The first kappa shape index (κ1) is 63.4. The molecular formula is C48H75N11O16S2. The van der Waals surface area contributed by atoms with Crippen molar-refractivity contribution in [2.24, 2.45) is 23.3 Å². The van der Waals surface area contributed by atoms with Crippen molar-refractivity contribution in [1.29, 1.82) is 0 Å². The largest absolute Gasteiger partial charge is 0.496 e. The first-order valence-electron chi connectivity index (χ1n) is 25.0. The number of methoxy groups -OCH3 is 1. The monoisotopic (exact) mass is 1130 g/mol. The zero-order chi connectivity index (χ0) is 57.5. The predicted molar refractivity (Wildman–Crippen MR) is 281 cm³/mol. The number of aliphatic hydroxyl groups is 4. The van der Waals surface area contributed by atoms with Crippen LogP contribution >= 0.6 is 11.8 Å². The summed E-state index contributed by atoms with van der Waals surface area (Å²) in [4.78, 5) is 124. The van der Waals surface area contributed by atoms with Gasteiger partial charge < -0.3 is 88.5 Å². The van der Waals surface area contributed by atoms with Gasteiger partial charge in [-0.25, -0.2) is 4.79 Å². The van der Waals surface area contributed by atoms with E-state index in [9.17, 15) is 63.6 Å². The summed E-state index contributed by atoms with van der Waals surface area (Å²) in [5, 5.41) is 59.5. The number of carbonyl (C=O) groups is 9. The molecule has 0 bridgehead atoms. The van der Waals surface area contributed by atoms with E-state index in [1.807, 2.05) is 0 Å². The number of nitrogens with zero attached hydrogens (tertiary/aromatic N) is 1. The Morgan fingerprint density at radius 1 is 0.987 bits per heavy atom. The molecule has 0 spiro atoms. The molecule has 2 aromatic rings. The molecule has 2 aliphatic heterocycles. The Morgan fingerprint density at radius 3 is 2.27 bits per heavy atom. The summed E-state index contributed by atoms with van der Waals surface area (Å²) in [6, 6.07) is -4.23. The highest BCUT2D eigenvalue weighted by Gasteiger charge is 2.38. The van der Waals surface area contributed by atoms with E-state index in [0.717, 1.165) is 0 Å². The Bertz CT molecular complexity index is 2490. The number of rotatable bonds is 18. The summed E-state index contributed by atoms with van der Waals surface area (Å²) in [5.74, 6) is -9.27. The number of hydrogen-bond donors (Lipinski definition) is 14. The van der Waals surface area contributed by atoms with Gasteiger partial charge in [0.05, 0.1) is 86.6 Å². The number of thioether (sulfide) groups is 1. The minimum Gasteiger partial charge on any atom is -0.496 e. The minimum absolute atomic E-state index is 0.0358. The Kier molecular flexibility index (Phi) is 23.9. The fourth-order valence-electron chi connectivity index (χ4n) is 8.23. The van der Waals surface area contributed by atoms with E-state index in [0.29, 0.717) is 41.7 Å². The molecular weight excluding hydrogens is 1050 g/mol. The van der Waals surface area contributed by atoms with Crippen molar-refractivity contribution in [3.63, 3.8) is 0 Å². The van der Waals surface area contributed by atoms with Crippen LogP contribution in [-0.2, 0) is 66.1 Å². The molecule has 10 atom stereocenters. The van der Waals surface area contributed by atoms with Crippen LogP contribution in [-0.4, -0.2) is 200 Å². The van der Waals surface area contributed by atoms with Crippen LogP contribution in [0.25, 0.3) is 10.9 Å². The van der Waals surface area contributed by atoms with Crippen molar-refractivity contribution in [1.82, 2.24) is 47.1 Å². The maximum Gasteiger partial charge on any atom is 0.410 e. The van der Waals surface area contributed by atoms with E-state index < -0.39 is 175 Å². The molecule has 0 radical (unpaired) electrons. The van der Waals surface area contributed by atoms with Gasteiger partial charge in [0.15, 0.2) is 0 Å². The standard InChI is InChI=1S/C48H75N11O16S2/c1-8-23(2)39(57-37(66)14-49)44(70)52-16-38(67)54-32-22-77(73)46-29(28-9-10-34(74-7)30(41(28)58-46)21-76-27-17-59(18-27)47(72)75-48(4,5)6)11-25(19-60)53-45(71)40(24(3)33(63)20-61)56-36(65)12-26(62)15-51-42(68)31(13-35(50)64)55-43(32)69/h9-10,23-27,31-33,39-40,58,60-63H,8,11-22,49H2,1-7H3,(H2,50,64)(H,51,68)(H,52,70)(H,53,71)(H,54,67)(H,55,69)(H,56,65)(H,57,66)/t23-,24-,25-,26+,31-,32-,33-,39-,40-,77?/m0/s1. The number of likely N-dealkylation sites (tertiary alicyclic amines) is 1. The number of nitrogens with two attached hydrogens (primary N) is 2. The van der Waals surface area contributed by atoms with Crippen molar-refractivity contribution in [3.8, 4) is 5.75 Å². The number of benzene rings is 1. The number of H-pyrrole nitrogens is 1. The molecule has 0 aliphatic carbocycles. The van der Waals surface area contributed by atoms with Crippen LogP contribution in [0.15, 0.2) is 17.2 Å². The summed E-state index contributed by atoms with van der Waals surface area (Å²) in [5.41, 5.74) is 11.4. The number of nitrogens with one attached hydrogen (secondary N) is 8. The Balaban J connectivity index is 1.85. The summed E-state index contributed by atoms with van der Waals surface area (Å²) in [6.45, 7) is 7.44. The number of carbonyl (C=O) groups excluding carboxylic acids is 9. The van der Waals surface area contributed by atoms with E-state index in [1.54, 1.807) is 51.7 Å². The fraction of sp³-hybridized carbons (Fsp3) is 0.646. The summed E-state index contributed by atoms with van der Waals surface area (Å²) in [6.07, 6.45) is -5.06. The maximum absolute atomic E-state index is 15.1. The van der Waals surface area contributed by atoms with Crippen LogP contribution in [0.1, 0.15) is 71.9 Å². The molecule has 4 rings (SSSR count). The lowest BCUT2D eigenvalue weighted by molar-refractivity contribution is -0.134.